The summed E-state index contributed by atoms with van der Waals surface area (Å²) in [5, 5.41) is 3.16. The Labute approximate surface area is 64.2 Å². The number of nitrogens with one attached hydrogen (secondary N) is 1. The lowest BCUT2D eigenvalue weighted by molar-refractivity contribution is 0.509. The normalized spacial score (nSPS) is 12.5. The third-order valence-corrected chi connectivity index (χ3v) is 1.37. The largest absolute Gasteiger partial charge is 0.307 e. The summed E-state index contributed by atoms with van der Waals surface area (Å²) in [4.78, 5) is 0. The summed E-state index contributed by atoms with van der Waals surface area (Å²) in [5.41, 5.74) is 0. The van der Waals surface area contributed by atoms with Crippen LogP contribution in [0.5, 0.6) is 0 Å². The molecule has 1 N–H and O–H groups in total. The molecule has 10 heavy (non-hydrogen) atoms. The van der Waals surface area contributed by atoms with Gasteiger partial charge in [0.15, 0.2) is 0 Å². The van der Waals surface area contributed by atoms with Crippen molar-refractivity contribution >= 4 is 0 Å². The van der Waals surface area contributed by atoms with Gasteiger partial charge < -0.3 is 5.32 Å². The van der Waals surface area contributed by atoms with E-state index < -0.39 is 0 Å². The summed E-state index contributed by atoms with van der Waals surface area (Å²) >= 11 is 0. The average Bonchev–Trinajstić information content (AvgIpc) is 1.86. The lowest BCUT2D eigenvalue weighted by Crippen LogP contribution is -2.24. The lowest BCUT2D eigenvalue weighted by Gasteiger charge is -2.10. The third-order valence-electron chi connectivity index (χ3n) is 1.37. The highest BCUT2D eigenvalue weighted by Crippen LogP contribution is 2.02. The van der Waals surface area contributed by atoms with Gasteiger partial charge in [0, 0.05) is 0 Å². The highest BCUT2D eigenvalue weighted by molar-refractivity contribution is 5.05. The summed E-state index contributed by atoms with van der Waals surface area (Å²) in [7, 11) is 1.96. The fourth-order valence-electron chi connectivity index (χ4n) is 0.895. The second kappa shape index (κ2) is 5.32. The molecule has 0 radical (unpaired) electrons. The van der Waals surface area contributed by atoms with Crippen molar-refractivity contribution in [3.05, 3.63) is 0 Å². The van der Waals surface area contributed by atoms with Crippen LogP contribution in [-0.2, 0) is 0 Å². The molecule has 0 spiro atoms. The van der Waals surface area contributed by atoms with E-state index in [1.54, 1.807) is 0 Å². The first kappa shape index (κ1) is 9.52. The minimum Gasteiger partial charge on any atom is -0.307 e. The highest BCUT2D eigenvalue weighted by atomic mass is 14.9. The van der Waals surface area contributed by atoms with Crippen molar-refractivity contribution in [3.8, 4) is 11.8 Å². The topological polar surface area (TPSA) is 12.0 Å². The van der Waals surface area contributed by atoms with Gasteiger partial charge in [-0.05, 0) is 26.3 Å². The molecule has 0 aromatic carbocycles. The average molecular weight is 139 g/mol. The van der Waals surface area contributed by atoms with Crippen molar-refractivity contribution in [2.75, 3.05) is 7.05 Å². The van der Waals surface area contributed by atoms with Crippen LogP contribution in [0.1, 0.15) is 27.2 Å². The molecule has 0 saturated carbocycles. The van der Waals surface area contributed by atoms with Crippen molar-refractivity contribution in [3.63, 3.8) is 0 Å². The first-order valence-electron chi connectivity index (χ1n) is 3.80. The molecule has 0 amide bonds. The van der Waals surface area contributed by atoms with E-state index in [9.17, 15) is 0 Å². The van der Waals surface area contributed by atoms with Gasteiger partial charge in [0.25, 0.3) is 0 Å². The standard InChI is InChI=1S/C9H17N/c1-5-6-9(10-4)7-8(2)3/h8-10H,7H2,1-4H3/t9-/m0/s1. The van der Waals surface area contributed by atoms with Gasteiger partial charge in [-0.3, -0.25) is 0 Å². The molecule has 1 atom stereocenters. The molecule has 58 valence electrons. The zero-order chi connectivity index (χ0) is 7.98. The maximum Gasteiger partial charge on any atom is 0.0689 e. The van der Waals surface area contributed by atoms with Gasteiger partial charge >= 0.3 is 0 Å². The Balaban J connectivity index is 3.68. The fraction of sp³-hybridized carbons (Fsp3) is 0.778. The Morgan fingerprint density at radius 3 is 2.30 bits per heavy atom. The van der Waals surface area contributed by atoms with Gasteiger partial charge in [-0.25, -0.2) is 0 Å². The van der Waals surface area contributed by atoms with Gasteiger partial charge in [-0.15, -0.1) is 5.92 Å². The minimum absolute atomic E-state index is 0.380. The minimum atomic E-state index is 0.380. The quantitative estimate of drug-likeness (QED) is 0.586. The zero-order valence-corrected chi connectivity index (χ0v) is 7.36. The van der Waals surface area contributed by atoms with Gasteiger partial charge in [0.05, 0.1) is 6.04 Å². The van der Waals surface area contributed by atoms with Gasteiger partial charge in [-0.1, -0.05) is 19.8 Å². The smallest absolute Gasteiger partial charge is 0.0689 e. The van der Waals surface area contributed by atoms with E-state index in [0.717, 1.165) is 12.3 Å². The summed E-state index contributed by atoms with van der Waals surface area (Å²) in [6.07, 6.45) is 1.14. The molecule has 0 aliphatic rings. The SMILES string of the molecule is CC#C[C@@H](CC(C)C)NC. The second-order valence-electron chi connectivity index (χ2n) is 2.87. The molecule has 0 saturated heterocycles. The van der Waals surface area contributed by atoms with Crippen LogP contribution in [0.2, 0.25) is 0 Å². The molecular weight excluding hydrogens is 122 g/mol. The molecule has 0 unspecified atom stereocenters. The molecular formula is C9H17N. The molecule has 0 aromatic heterocycles. The van der Waals surface area contributed by atoms with Gasteiger partial charge in [0.1, 0.15) is 0 Å². The number of hydrogen-bond donors (Lipinski definition) is 1. The first-order valence-corrected chi connectivity index (χ1v) is 3.80. The molecule has 0 rings (SSSR count). The highest BCUT2D eigenvalue weighted by Gasteiger charge is 2.02. The van der Waals surface area contributed by atoms with E-state index in [1.807, 2.05) is 14.0 Å². The monoisotopic (exact) mass is 139 g/mol. The van der Waals surface area contributed by atoms with Crippen LogP contribution in [-0.4, -0.2) is 13.1 Å². The summed E-state index contributed by atoms with van der Waals surface area (Å²) < 4.78 is 0. The molecule has 1 nitrogen and oxygen atoms in total. The molecule has 1 heteroatoms. The Bertz CT molecular complexity index is 127. The van der Waals surface area contributed by atoms with Crippen LogP contribution in [0.25, 0.3) is 0 Å². The van der Waals surface area contributed by atoms with Crippen molar-refractivity contribution in [1.82, 2.24) is 5.32 Å². The first-order chi connectivity index (χ1) is 4.70. The van der Waals surface area contributed by atoms with Crippen LogP contribution in [0, 0.1) is 17.8 Å². The predicted molar refractivity (Wildman–Crippen MR) is 45.8 cm³/mol. The van der Waals surface area contributed by atoms with Gasteiger partial charge in [0.2, 0.25) is 0 Å². The molecule has 0 aromatic rings. The predicted octanol–water partition coefficient (Wildman–Crippen LogP) is 1.64. The third kappa shape index (κ3) is 4.40. The van der Waals surface area contributed by atoms with Crippen molar-refractivity contribution in [1.29, 1.82) is 0 Å². The Hall–Kier alpha value is -0.480. The molecule has 0 fully saturated rings. The van der Waals surface area contributed by atoms with Crippen LogP contribution >= 0.6 is 0 Å². The zero-order valence-electron chi connectivity index (χ0n) is 7.36. The van der Waals surface area contributed by atoms with Crippen LogP contribution in [0.3, 0.4) is 0 Å². The maximum absolute atomic E-state index is 3.16. The Morgan fingerprint density at radius 2 is 2.00 bits per heavy atom. The van der Waals surface area contributed by atoms with Crippen LogP contribution < -0.4 is 5.32 Å². The molecule has 0 aliphatic carbocycles. The van der Waals surface area contributed by atoms with E-state index in [4.69, 9.17) is 0 Å². The van der Waals surface area contributed by atoms with Crippen molar-refractivity contribution in [2.45, 2.75) is 33.2 Å². The summed E-state index contributed by atoms with van der Waals surface area (Å²) in [5.74, 6) is 6.73. The van der Waals surface area contributed by atoms with E-state index in [1.165, 1.54) is 0 Å². The molecule has 0 bridgehead atoms. The lowest BCUT2D eigenvalue weighted by atomic mass is 10.0. The summed E-state index contributed by atoms with van der Waals surface area (Å²) in [6, 6.07) is 0.380. The van der Waals surface area contributed by atoms with Crippen LogP contribution in [0.15, 0.2) is 0 Å². The van der Waals surface area contributed by atoms with E-state index >= 15 is 0 Å². The second-order valence-corrected chi connectivity index (χ2v) is 2.87. The van der Waals surface area contributed by atoms with E-state index in [0.29, 0.717) is 6.04 Å². The van der Waals surface area contributed by atoms with E-state index in [2.05, 4.69) is 31.0 Å². The van der Waals surface area contributed by atoms with E-state index in [-0.39, 0.29) is 0 Å². The van der Waals surface area contributed by atoms with Crippen LogP contribution in [0.4, 0.5) is 0 Å². The molecule has 0 aliphatic heterocycles. The van der Waals surface area contributed by atoms with Gasteiger partial charge in [-0.2, -0.15) is 0 Å². The maximum atomic E-state index is 3.16. The number of rotatable bonds is 3. The Morgan fingerprint density at radius 1 is 1.40 bits per heavy atom. The van der Waals surface area contributed by atoms with Crippen molar-refractivity contribution < 1.29 is 0 Å². The fourth-order valence-corrected chi connectivity index (χ4v) is 0.895. The van der Waals surface area contributed by atoms with Crippen molar-refractivity contribution in [2.24, 2.45) is 5.92 Å². The summed E-state index contributed by atoms with van der Waals surface area (Å²) in [6.45, 7) is 6.30. The number of hydrogen-bond acceptors (Lipinski definition) is 1. The Kier molecular flexibility index (Phi) is 5.06. The molecule has 0 heterocycles.